The highest BCUT2D eigenvalue weighted by Gasteiger charge is 2.17. The summed E-state index contributed by atoms with van der Waals surface area (Å²) < 4.78 is 39.9. The third kappa shape index (κ3) is 27.8. The Kier molecular flexibility index (Phi) is 32.9. The van der Waals surface area contributed by atoms with Crippen LogP contribution in [0.4, 0.5) is 13.2 Å². The highest BCUT2D eigenvalue weighted by molar-refractivity contribution is 5.24. The number of rotatable bonds is 18. The molecule has 0 saturated carbocycles. The lowest BCUT2D eigenvalue weighted by atomic mass is 10.1. The SMILES string of the molecule is C.Cc1cc(F)c(CCN2CCCC2)nc1F.Cc1ccc(CCN2CCCC2)nc1.Cc1ccc(CCN2CCCC2)nc1.Cc1ccc(CCN2CCCC2)nc1.Cc1cnc(CCN2CCCC2)cc1C.Cc1cnc(CCN2CCCC2)cc1F. The quantitative estimate of drug-likeness (QED) is 0.0767. The topological polar surface area (TPSA) is 96.8 Å². The summed E-state index contributed by atoms with van der Waals surface area (Å²) in [5.41, 5.74) is 13.3. The monoisotopic (exact) mass is 1220 g/mol. The minimum absolute atomic E-state index is 0. The molecule has 488 valence electrons. The molecule has 6 aliphatic rings. The van der Waals surface area contributed by atoms with Gasteiger partial charge in [0.15, 0.2) is 0 Å². The predicted molar refractivity (Wildman–Crippen MR) is 361 cm³/mol. The lowest BCUT2D eigenvalue weighted by Gasteiger charge is -2.14. The van der Waals surface area contributed by atoms with E-state index < -0.39 is 11.8 Å². The lowest BCUT2D eigenvalue weighted by Crippen LogP contribution is -2.22. The van der Waals surface area contributed by atoms with Gasteiger partial charge >= 0.3 is 0 Å². The molecule has 0 amide bonds. The fourth-order valence-corrected chi connectivity index (χ4v) is 11.9. The van der Waals surface area contributed by atoms with Crippen LogP contribution in [0.15, 0.2) is 85.6 Å². The maximum absolute atomic E-state index is 13.5. The van der Waals surface area contributed by atoms with E-state index in [9.17, 15) is 13.2 Å². The number of halogens is 3. The summed E-state index contributed by atoms with van der Waals surface area (Å²) in [6, 6.07) is 17.9. The van der Waals surface area contributed by atoms with Crippen molar-refractivity contribution in [1.82, 2.24) is 59.3 Å². The molecular formula is C74H111F3N12. The Hall–Kier alpha value is -5.55. The summed E-state index contributed by atoms with van der Waals surface area (Å²) in [4.78, 5) is 40.4. The molecule has 0 aromatic carbocycles. The predicted octanol–water partition coefficient (Wildman–Crippen LogP) is 13.5. The average Bonchev–Trinajstić information content (AvgIpc) is 4.36. The first-order valence-corrected chi connectivity index (χ1v) is 33.6. The first-order valence-electron chi connectivity index (χ1n) is 33.6. The molecule has 0 radical (unpaired) electrons. The van der Waals surface area contributed by atoms with Crippen LogP contribution in [0.1, 0.15) is 158 Å². The molecule has 89 heavy (non-hydrogen) atoms. The van der Waals surface area contributed by atoms with E-state index in [0.717, 1.165) is 64.0 Å². The minimum Gasteiger partial charge on any atom is -0.303 e. The van der Waals surface area contributed by atoms with E-state index in [0.29, 0.717) is 12.0 Å². The van der Waals surface area contributed by atoms with Crippen molar-refractivity contribution in [3.05, 3.63) is 176 Å². The van der Waals surface area contributed by atoms with Crippen LogP contribution in [0.5, 0.6) is 0 Å². The van der Waals surface area contributed by atoms with Gasteiger partial charge in [0.25, 0.3) is 0 Å². The average molecular weight is 1230 g/mol. The minimum atomic E-state index is -0.558. The van der Waals surface area contributed by atoms with Crippen molar-refractivity contribution in [3.8, 4) is 0 Å². The Morgan fingerprint density at radius 1 is 0.303 bits per heavy atom. The third-order valence-corrected chi connectivity index (χ3v) is 17.9. The Labute approximate surface area is 535 Å². The fourth-order valence-electron chi connectivity index (χ4n) is 11.9. The summed E-state index contributed by atoms with van der Waals surface area (Å²) >= 11 is 0. The second kappa shape index (κ2) is 40.3. The van der Waals surface area contributed by atoms with E-state index >= 15 is 0 Å². The van der Waals surface area contributed by atoms with Gasteiger partial charge in [-0.15, -0.1) is 0 Å². The molecular weight excluding hydrogens is 1110 g/mol. The molecule has 0 atom stereocenters. The molecule has 0 spiro atoms. The van der Waals surface area contributed by atoms with Gasteiger partial charge in [-0.3, -0.25) is 24.9 Å². The number of nitrogens with zero attached hydrogens (tertiary/aromatic N) is 12. The van der Waals surface area contributed by atoms with Crippen LogP contribution in [0.2, 0.25) is 0 Å². The maximum atomic E-state index is 13.5. The van der Waals surface area contributed by atoms with Gasteiger partial charge in [-0.25, -0.2) is 13.8 Å². The summed E-state index contributed by atoms with van der Waals surface area (Å²) in [7, 11) is 0. The van der Waals surface area contributed by atoms with Crippen LogP contribution in [0.25, 0.3) is 0 Å². The van der Waals surface area contributed by atoms with Gasteiger partial charge in [0, 0.05) is 148 Å². The second-order valence-corrected chi connectivity index (χ2v) is 25.5. The fraction of sp³-hybridized carbons (Fsp3) is 0.595. The van der Waals surface area contributed by atoms with Gasteiger partial charge in [0.05, 0.1) is 5.69 Å². The molecule has 6 saturated heterocycles. The Bertz CT molecular complexity index is 2660. The van der Waals surface area contributed by atoms with Crippen LogP contribution in [0.3, 0.4) is 0 Å². The molecule has 6 fully saturated rings. The molecule has 0 N–H and O–H groups in total. The number of aryl methyl sites for hydroxylation is 7. The standard InChI is InChI=1S/C13H20N2.C12H16F2N2.C12H17FN2.3C12H18N2.CH4/c1-11-9-13(14-10-12(11)2)5-8-15-6-3-4-7-15;1-9-8-10(13)11(15-12(9)14)4-7-16-5-2-3-6-16;1-10-9-14-11(8-12(10)13)4-7-15-5-2-3-6-15;3*1-11-4-5-12(13-10-11)6-9-14-7-2-3-8-14;/h9-10H,3-8H2,1-2H3;8H,2-7H2,1H3;8-9H,2-7H2,1H3;3*4-5,10H,2-3,6-9H2,1H3;1H4. The van der Waals surface area contributed by atoms with Gasteiger partial charge in [-0.05, 0) is 268 Å². The lowest BCUT2D eigenvalue weighted by molar-refractivity contribution is 0.339. The summed E-state index contributed by atoms with van der Waals surface area (Å²) in [5.74, 6) is -1.09. The van der Waals surface area contributed by atoms with Gasteiger partial charge in [-0.1, -0.05) is 25.6 Å². The van der Waals surface area contributed by atoms with Crippen molar-refractivity contribution < 1.29 is 13.2 Å². The molecule has 6 aliphatic heterocycles. The molecule has 6 aromatic rings. The van der Waals surface area contributed by atoms with Gasteiger partial charge in [-0.2, -0.15) is 4.39 Å². The van der Waals surface area contributed by atoms with Gasteiger partial charge in [0.2, 0.25) is 5.95 Å². The third-order valence-electron chi connectivity index (χ3n) is 17.9. The van der Waals surface area contributed by atoms with Crippen LogP contribution >= 0.6 is 0 Å². The molecule has 12 nitrogen and oxygen atoms in total. The van der Waals surface area contributed by atoms with E-state index in [2.05, 4.69) is 136 Å². The zero-order chi connectivity index (χ0) is 62.3. The van der Waals surface area contributed by atoms with E-state index in [1.807, 2.05) is 24.8 Å². The van der Waals surface area contributed by atoms with Crippen LogP contribution < -0.4 is 0 Å². The van der Waals surface area contributed by atoms with Crippen molar-refractivity contribution in [2.75, 3.05) is 118 Å². The summed E-state index contributed by atoms with van der Waals surface area (Å²) in [5, 5.41) is 0. The largest absolute Gasteiger partial charge is 0.303 e. The zero-order valence-electron chi connectivity index (χ0n) is 55.0. The first kappa shape index (κ1) is 72.5. The number of pyridine rings is 6. The zero-order valence-corrected chi connectivity index (χ0v) is 55.0. The van der Waals surface area contributed by atoms with E-state index in [4.69, 9.17) is 0 Å². The van der Waals surface area contributed by atoms with Gasteiger partial charge < -0.3 is 29.4 Å². The molecule has 6 aromatic heterocycles. The summed E-state index contributed by atoms with van der Waals surface area (Å²) in [6.07, 6.45) is 31.2. The number of hydrogen-bond donors (Lipinski definition) is 0. The van der Waals surface area contributed by atoms with E-state index in [1.165, 1.54) is 232 Å². The maximum Gasteiger partial charge on any atom is 0.216 e. The number of hydrogen-bond acceptors (Lipinski definition) is 12. The second-order valence-electron chi connectivity index (χ2n) is 25.5. The molecule has 15 heteroatoms. The molecule has 0 bridgehead atoms. The highest BCUT2D eigenvalue weighted by atomic mass is 19.1. The molecule has 12 rings (SSSR count). The van der Waals surface area contributed by atoms with Crippen molar-refractivity contribution in [2.24, 2.45) is 0 Å². The normalized spacial score (nSPS) is 17.1. The van der Waals surface area contributed by atoms with Crippen LogP contribution in [-0.2, 0) is 38.5 Å². The van der Waals surface area contributed by atoms with Crippen molar-refractivity contribution in [3.63, 3.8) is 0 Å². The van der Waals surface area contributed by atoms with Crippen LogP contribution in [0, 0.1) is 66.0 Å². The van der Waals surface area contributed by atoms with Crippen molar-refractivity contribution >= 4 is 0 Å². The molecule has 12 heterocycles. The van der Waals surface area contributed by atoms with Crippen molar-refractivity contribution in [2.45, 2.75) is 171 Å². The Morgan fingerprint density at radius 2 is 0.596 bits per heavy atom. The number of aromatic nitrogens is 6. The van der Waals surface area contributed by atoms with Gasteiger partial charge in [0.1, 0.15) is 11.6 Å². The number of likely N-dealkylation sites (tertiary alicyclic amines) is 6. The smallest absolute Gasteiger partial charge is 0.216 e. The Morgan fingerprint density at radius 3 is 0.899 bits per heavy atom. The van der Waals surface area contributed by atoms with E-state index in [-0.39, 0.29) is 24.5 Å². The molecule has 0 aliphatic carbocycles. The van der Waals surface area contributed by atoms with Crippen molar-refractivity contribution in [1.29, 1.82) is 0 Å². The first-order chi connectivity index (χ1) is 42.7. The van der Waals surface area contributed by atoms with Crippen LogP contribution in [-0.4, -0.2) is 177 Å². The van der Waals surface area contributed by atoms with E-state index in [1.54, 1.807) is 19.2 Å². The highest BCUT2D eigenvalue weighted by Crippen LogP contribution is 2.17. The molecule has 0 unspecified atom stereocenters. The Balaban J connectivity index is 0.000000170. The summed E-state index contributed by atoms with van der Waals surface area (Å²) in [6.45, 7) is 35.0.